The molecule has 1 aliphatic rings. The fourth-order valence-corrected chi connectivity index (χ4v) is 4.01. The van der Waals surface area contributed by atoms with E-state index in [1.807, 2.05) is 36.4 Å². The Hall–Kier alpha value is -1.13. The molecule has 2 aromatic rings. The number of hydrogen-bond acceptors (Lipinski definition) is 2. The van der Waals surface area contributed by atoms with Gasteiger partial charge in [-0.25, -0.2) is 4.79 Å². The third kappa shape index (κ3) is 2.02. The van der Waals surface area contributed by atoms with Gasteiger partial charge in [0, 0.05) is 5.56 Å². The molecule has 0 N–H and O–H groups in total. The van der Waals surface area contributed by atoms with Gasteiger partial charge in [0.25, 0.3) is 0 Å². The van der Waals surface area contributed by atoms with E-state index in [0.717, 1.165) is 16.7 Å². The van der Waals surface area contributed by atoms with Crippen molar-refractivity contribution in [2.24, 2.45) is 0 Å². The zero-order valence-corrected chi connectivity index (χ0v) is 13.9. The van der Waals surface area contributed by atoms with Crippen molar-refractivity contribution in [2.75, 3.05) is 7.11 Å². The van der Waals surface area contributed by atoms with Crippen molar-refractivity contribution in [3.05, 3.63) is 59.2 Å². The predicted octanol–water partition coefficient (Wildman–Crippen LogP) is 5.03. The van der Waals surface area contributed by atoms with Gasteiger partial charge in [0.15, 0.2) is 0 Å². The van der Waals surface area contributed by atoms with Crippen molar-refractivity contribution in [1.82, 2.24) is 0 Å². The zero-order valence-electron chi connectivity index (χ0n) is 10.8. The Balaban J connectivity index is 2.34. The van der Waals surface area contributed by atoms with Gasteiger partial charge in [-0.15, -0.1) is 0 Å². The van der Waals surface area contributed by atoms with Crippen molar-refractivity contribution in [3.63, 3.8) is 0 Å². The van der Waals surface area contributed by atoms with Gasteiger partial charge in [-0.05, 0) is 22.8 Å². The number of hydrogen-bond donors (Lipinski definition) is 0. The van der Waals surface area contributed by atoms with Gasteiger partial charge in [0.05, 0.1) is 22.3 Å². The summed E-state index contributed by atoms with van der Waals surface area (Å²) in [6.07, 6.45) is 0. The number of fused-ring (bicyclic) bond motifs is 3. The number of halogens is 2. The first-order chi connectivity index (χ1) is 9.65. The summed E-state index contributed by atoms with van der Waals surface area (Å²) >= 11 is 7.47. The zero-order chi connectivity index (χ0) is 14.3. The average Bonchev–Trinajstić information content (AvgIpc) is 2.51. The van der Waals surface area contributed by atoms with E-state index < -0.39 is 0 Å². The molecule has 102 valence electrons. The molecule has 0 amide bonds. The van der Waals surface area contributed by atoms with E-state index in [1.165, 1.54) is 12.7 Å². The largest absolute Gasteiger partial charge is 0.465 e. The molecule has 2 atom stereocenters. The lowest BCUT2D eigenvalue weighted by atomic mass is 9.83. The van der Waals surface area contributed by atoms with E-state index in [4.69, 9.17) is 4.74 Å². The van der Waals surface area contributed by atoms with Gasteiger partial charge in [0.1, 0.15) is 0 Å². The number of rotatable bonds is 1. The third-order valence-electron chi connectivity index (χ3n) is 3.58. The molecule has 0 radical (unpaired) electrons. The lowest BCUT2D eigenvalue weighted by molar-refractivity contribution is 0.0601. The molecule has 2 nitrogen and oxygen atoms in total. The van der Waals surface area contributed by atoms with Crippen LogP contribution in [-0.4, -0.2) is 13.1 Å². The maximum Gasteiger partial charge on any atom is 0.338 e. The lowest BCUT2D eigenvalue weighted by Crippen LogP contribution is -2.13. The molecule has 0 fully saturated rings. The van der Waals surface area contributed by atoms with Crippen LogP contribution in [-0.2, 0) is 4.74 Å². The Morgan fingerprint density at radius 2 is 1.65 bits per heavy atom. The van der Waals surface area contributed by atoms with Crippen LogP contribution in [0.5, 0.6) is 0 Å². The summed E-state index contributed by atoms with van der Waals surface area (Å²) in [7, 11) is 1.41. The van der Waals surface area contributed by atoms with Crippen molar-refractivity contribution in [3.8, 4) is 11.1 Å². The van der Waals surface area contributed by atoms with Gasteiger partial charge in [0.2, 0.25) is 0 Å². The maximum absolute atomic E-state index is 12.0. The minimum Gasteiger partial charge on any atom is -0.465 e. The number of carbonyl (C=O) groups excluding carboxylic acids is 1. The topological polar surface area (TPSA) is 26.3 Å². The molecular weight excluding hydrogens is 384 g/mol. The molecule has 1 aliphatic carbocycles. The molecule has 0 aromatic heterocycles. The fraction of sp³-hybridized carbons (Fsp3) is 0.188. The van der Waals surface area contributed by atoms with E-state index in [9.17, 15) is 4.79 Å². The first-order valence-corrected chi connectivity index (χ1v) is 8.07. The van der Waals surface area contributed by atoms with Crippen LogP contribution in [0.15, 0.2) is 42.5 Å². The highest BCUT2D eigenvalue weighted by atomic mass is 79.9. The Morgan fingerprint density at radius 3 is 2.40 bits per heavy atom. The van der Waals surface area contributed by atoms with E-state index in [1.54, 1.807) is 0 Å². The van der Waals surface area contributed by atoms with Crippen LogP contribution in [0.4, 0.5) is 0 Å². The highest BCUT2D eigenvalue weighted by Gasteiger charge is 2.32. The first kappa shape index (κ1) is 13.8. The maximum atomic E-state index is 12.0. The number of alkyl halides is 2. The SMILES string of the molecule is COC(=O)c1cccc2c1-c1ccccc1C(Br)C2Br. The standard InChI is InChI=1S/C16H12Br2O2/c1-20-16(19)12-8-4-7-11-13(12)9-5-2-3-6-10(9)14(17)15(11)18/h2-8,14-15H,1H3. The second kappa shape index (κ2) is 5.34. The average molecular weight is 396 g/mol. The molecule has 0 saturated carbocycles. The number of esters is 1. The minimum atomic E-state index is -0.302. The van der Waals surface area contributed by atoms with Crippen molar-refractivity contribution >= 4 is 37.8 Å². The summed E-state index contributed by atoms with van der Waals surface area (Å²) in [6, 6.07) is 13.9. The predicted molar refractivity (Wildman–Crippen MR) is 86.6 cm³/mol. The van der Waals surface area contributed by atoms with Crippen molar-refractivity contribution in [1.29, 1.82) is 0 Å². The van der Waals surface area contributed by atoms with E-state index in [0.29, 0.717) is 5.56 Å². The Labute approximate surface area is 134 Å². The van der Waals surface area contributed by atoms with Crippen LogP contribution in [0.2, 0.25) is 0 Å². The lowest BCUT2D eigenvalue weighted by Gasteiger charge is -2.30. The molecule has 0 spiro atoms. The Bertz CT molecular complexity index is 682. The van der Waals surface area contributed by atoms with Gasteiger partial charge in [-0.3, -0.25) is 0 Å². The summed E-state index contributed by atoms with van der Waals surface area (Å²) in [6.45, 7) is 0. The summed E-state index contributed by atoms with van der Waals surface area (Å²) < 4.78 is 4.91. The Morgan fingerprint density at radius 1 is 1.00 bits per heavy atom. The number of carbonyl (C=O) groups is 1. The van der Waals surface area contributed by atoms with E-state index in [-0.39, 0.29) is 15.6 Å². The minimum absolute atomic E-state index is 0.122. The van der Waals surface area contributed by atoms with Gasteiger partial charge in [-0.1, -0.05) is 68.3 Å². The van der Waals surface area contributed by atoms with Crippen LogP contribution in [0.25, 0.3) is 11.1 Å². The van der Waals surface area contributed by atoms with Crippen LogP contribution >= 0.6 is 31.9 Å². The normalized spacial score (nSPS) is 19.9. The van der Waals surface area contributed by atoms with Crippen LogP contribution in [0.3, 0.4) is 0 Å². The quantitative estimate of drug-likeness (QED) is 0.500. The molecule has 4 heteroatoms. The second-order valence-corrected chi connectivity index (χ2v) is 6.63. The second-order valence-electron chi connectivity index (χ2n) is 4.65. The molecule has 0 saturated heterocycles. The first-order valence-electron chi connectivity index (χ1n) is 6.23. The monoisotopic (exact) mass is 394 g/mol. The highest BCUT2D eigenvalue weighted by Crippen LogP contribution is 2.53. The summed E-state index contributed by atoms with van der Waals surface area (Å²) in [5.41, 5.74) is 4.95. The van der Waals surface area contributed by atoms with E-state index >= 15 is 0 Å². The number of methoxy groups -OCH3 is 1. The van der Waals surface area contributed by atoms with Crippen LogP contribution < -0.4 is 0 Å². The van der Waals surface area contributed by atoms with Crippen molar-refractivity contribution < 1.29 is 9.53 Å². The molecule has 2 aromatic carbocycles. The van der Waals surface area contributed by atoms with Gasteiger partial charge < -0.3 is 4.74 Å². The fourth-order valence-electron chi connectivity index (χ4n) is 2.66. The summed E-state index contributed by atoms with van der Waals surface area (Å²) in [5.74, 6) is -0.302. The number of ether oxygens (including phenoxy) is 1. The number of benzene rings is 2. The molecular formula is C16H12Br2O2. The summed E-state index contributed by atoms with van der Waals surface area (Å²) in [5, 5.41) is 0. The Kier molecular flexibility index (Phi) is 3.69. The van der Waals surface area contributed by atoms with Gasteiger partial charge in [-0.2, -0.15) is 0 Å². The molecule has 20 heavy (non-hydrogen) atoms. The van der Waals surface area contributed by atoms with Crippen molar-refractivity contribution in [2.45, 2.75) is 9.65 Å². The molecule has 2 unspecified atom stereocenters. The molecule has 0 aliphatic heterocycles. The molecule has 3 rings (SSSR count). The molecule has 0 bridgehead atoms. The highest BCUT2D eigenvalue weighted by molar-refractivity contribution is 9.12. The smallest absolute Gasteiger partial charge is 0.338 e. The van der Waals surface area contributed by atoms with Crippen LogP contribution in [0, 0.1) is 0 Å². The third-order valence-corrected chi connectivity index (χ3v) is 6.34. The van der Waals surface area contributed by atoms with Gasteiger partial charge >= 0.3 is 5.97 Å². The summed E-state index contributed by atoms with van der Waals surface area (Å²) in [4.78, 5) is 12.3. The van der Waals surface area contributed by atoms with Crippen LogP contribution in [0.1, 0.15) is 31.1 Å². The molecule has 0 heterocycles. The van der Waals surface area contributed by atoms with E-state index in [2.05, 4.69) is 37.9 Å².